The van der Waals surface area contributed by atoms with Crippen LogP contribution in [0.15, 0.2) is 24.3 Å². The molecule has 0 bridgehead atoms. The van der Waals surface area contributed by atoms with Gasteiger partial charge in [0.15, 0.2) is 6.10 Å². The minimum Gasteiger partial charge on any atom is -0.376 e. The molecule has 0 unspecified atom stereocenters. The predicted octanol–water partition coefficient (Wildman–Crippen LogP) is 0.420. The number of piperidine rings is 1. The molecule has 2 fully saturated rings. The Kier molecular flexibility index (Phi) is 5.88. The Morgan fingerprint density at radius 3 is 2.72 bits per heavy atom. The van der Waals surface area contributed by atoms with E-state index >= 15 is 0 Å². The van der Waals surface area contributed by atoms with Crippen molar-refractivity contribution in [1.82, 2.24) is 5.32 Å². The van der Waals surface area contributed by atoms with Gasteiger partial charge in [-0.3, -0.25) is 9.59 Å². The largest absolute Gasteiger partial charge is 0.376 e. The summed E-state index contributed by atoms with van der Waals surface area (Å²) in [6, 6.07) is 8.01. The zero-order valence-corrected chi connectivity index (χ0v) is 14.3. The van der Waals surface area contributed by atoms with Crippen LogP contribution in [0.25, 0.3) is 0 Å². The van der Waals surface area contributed by atoms with Crippen molar-refractivity contribution in [3.63, 3.8) is 0 Å². The van der Waals surface area contributed by atoms with Gasteiger partial charge in [-0.2, -0.15) is 0 Å². The molecule has 2 aliphatic heterocycles. The van der Waals surface area contributed by atoms with E-state index in [1.165, 1.54) is 0 Å². The van der Waals surface area contributed by atoms with Gasteiger partial charge in [0.25, 0.3) is 5.91 Å². The highest BCUT2D eigenvalue weighted by atomic mass is 16.6. The number of amides is 2. The van der Waals surface area contributed by atoms with Crippen LogP contribution < -0.4 is 16.0 Å². The number of hydrogen-bond acceptors (Lipinski definition) is 5. The van der Waals surface area contributed by atoms with E-state index in [0.717, 1.165) is 30.6 Å². The number of rotatable bonds is 5. The lowest BCUT2D eigenvalue weighted by Gasteiger charge is -2.33. The smallest absolute Gasteiger partial charge is 0.251 e. The lowest BCUT2D eigenvalue weighted by atomic mass is 9.97. The van der Waals surface area contributed by atoms with E-state index < -0.39 is 6.10 Å². The number of nitrogens with two attached hydrogens (primary N) is 1. The number of carbonyl (C=O) groups excluding carboxylic acids is 2. The van der Waals surface area contributed by atoms with Gasteiger partial charge in [-0.05, 0) is 30.5 Å². The number of primary amides is 1. The van der Waals surface area contributed by atoms with Crippen molar-refractivity contribution in [3.8, 4) is 0 Å². The fourth-order valence-corrected chi connectivity index (χ4v) is 3.21. The number of carbonyl (C=O) groups is 2. The summed E-state index contributed by atoms with van der Waals surface area (Å²) >= 11 is 0. The topological polar surface area (TPSA) is 93.9 Å². The lowest BCUT2D eigenvalue weighted by Crippen LogP contribution is -2.42. The monoisotopic (exact) mass is 347 g/mol. The average Bonchev–Trinajstić information content (AvgIpc) is 2.67. The molecule has 7 nitrogen and oxygen atoms in total. The molecule has 0 aliphatic carbocycles. The van der Waals surface area contributed by atoms with Crippen LogP contribution >= 0.6 is 0 Å². The lowest BCUT2D eigenvalue weighted by molar-refractivity contribution is -0.147. The Bertz CT molecular complexity index is 599. The number of hydrogen-bond donors (Lipinski definition) is 2. The van der Waals surface area contributed by atoms with Gasteiger partial charge >= 0.3 is 0 Å². The first-order chi connectivity index (χ1) is 12.1. The van der Waals surface area contributed by atoms with Crippen molar-refractivity contribution < 1.29 is 19.1 Å². The Labute approximate surface area is 147 Å². The van der Waals surface area contributed by atoms with Gasteiger partial charge in [-0.25, -0.2) is 0 Å². The molecule has 136 valence electrons. The highest BCUT2D eigenvalue weighted by Crippen LogP contribution is 2.23. The number of benzene rings is 1. The third-order valence-electron chi connectivity index (χ3n) is 4.70. The highest BCUT2D eigenvalue weighted by molar-refractivity contribution is 5.81. The summed E-state index contributed by atoms with van der Waals surface area (Å²) in [5.41, 5.74) is 7.52. The zero-order chi connectivity index (χ0) is 17.6. The highest BCUT2D eigenvalue weighted by Gasteiger charge is 2.24. The minimum absolute atomic E-state index is 0.0783. The molecule has 3 rings (SSSR count). The van der Waals surface area contributed by atoms with E-state index in [4.69, 9.17) is 15.2 Å². The second-order valence-corrected chi connectivity index (χ2v) is 6.51. The second kappa shape index (κ2) is 8.31. The van der Waals surface area contributed by atoms with E-state index in [-0.39, 0.29) is 17.7 Å². The van der Waals surface area contributed by atoms with Gasteiger partial charge in [0.05, 0.1) is 25.7 Å². The van der Waals surface area contributed by atoms with Crippen LogP contribution in [-0.4, -0.2) is 50.8 Å². The summed E-state index contributed by atoms with van der Waals surface area (Å²) in [5.74, 6) is -0.451. The van der Waals surface area contributed by atoms with Crippen molar-refractivity contribution in [2.45, 2.75) is 25.5 Å². The number of anilines is 1. The minimum atomic E-state index is -0.521. The third kappa shape index (κ3) is 4.70. The van der Waals surface area contributed by atoms with E-state index in [1.54, 1.807) is 0 Å². The molecule has 1 aromatic rings. The summed E-state index contributed by atoms with van der Waals surface area (Å²) in [6.45, 7) is 3.35. The van der Waals surface area contributed by atoms with Crippen LogP contribution in [0.4, 0.5) is 5.69 Å². The average molecular weight is 347 g/mol. The van der Waals surface area contributed by atoms with Gasteiger partial charge in [-0.1, -0.05) is 12.1 Å². The van der Waals surface area contributed by atoms with Crippen molar-refractivity contribution in [1.29, 1.82) is 0 Å². The predicted molar refractivity (Wildman–Crippen MR) is 93.0 cm³/mol. The summed E-state index contributed by atoms with van der Waals surface area (Å²) < 4.78 is 10.6. The first-order valence-electron chi connectivity index (χ1n) is 8.74. The maximum Gasteiger partial charge on any atom is 0.251 e. The molecular weight excluding hydrogens is 322 g/mol. The number of nitrogens with zero attached hydrogens (tertiary/aromatic N) is 1. The molecule has 2 atom stereocenters. The molecule has 2 amide bonds. The van der Waals surface area contributed by atoms with Crippen molar-refractivity contribution in [2.24, 2.45) is 11.7 Å². The molecule has 1 aromatic carbocycles. The molecule has 3 N–H and O–H groups in total. The number of ether oxygens (including phenoxy) is 2. The molecule has 25 heavy (non-hydrogen) atoms. The van der Waals surface area contributed by atoms with E-state index in [1.807, 2.05) is 24.3 Å². The summed E-state index contributed by atoms with van der Waals surface area (Å²) in [5, 5.41) is 2.87. The van der Waals surface area contributed by atoms with Crippen LogP contribution in [0.3, 0.4) is 0 Å². The Morgan fingerprint density at radius 2 is 2.04 bits per heavy atom. The maximum atomic E-state index is 12.0. The van der Waals surface area contributed by atoms with E-state index in [0.29, 0.717) is 32.9 Å². The van der Waals surface area contributed by atoms with Gasteiger partial charge < -0.3 is 25.4 Å². The van der Waals surface area contributed by atoms with E-state index in [2.05, 4.69) is 10.2 Å². The van der Waals surface area contributed by atoms with Gasteiger partial charge in [0, 0.05) is 25.3 Å². The first kappa shape index (κ1) is 17.7. The molecule has 0 aromatic heterocycles. The maximum absolute atomic E-state index is 12.0. The summed E-state index contributed by atoms with van der Waals surface area (Å²) in [7, 11) is 0. The third-order valence-corrected chi connectivity index (χ3v) is 4.70. The first-order valence-corrected chi connectivity index (χ1v) is 8.74. The number of nitrogens with one attached hydrogen (secondary N) is 1. The quantitative estimate of drug-likeness (QED) is 0.805. The van der Waals surface area contributed by atoms with Crippen LogP contribution in [0, 0.1) is 5.92 Å². The Morgan fingerprint density at radius 1 is 1.24 bits per heavy atom. The van der Waals surface area contributed by atoms with Crippen molar-refractivity contribution >= 4 is 17.5 Å². The molecule has 2 saturated heterocycles. The normalized spacial score (nSPS) is 23.9. The van der Waals surface area contributed by atoms with Gasteiger partial charge in [0.2, 0.25) is 5.91 Å². The standard InChI is InChI=1S/C18H25N3O4/c19-17(22)14-2-1-7-21(11-14)15-5-3-13(4-6-15)10-20-18(23)16-12-24-8-9-25-16/h3-6,14,16H,1-2,7-12H2,(H2,19,22)(H,20,23)/t14-,16-/m0/s1. The molecule has 0 saturated carbocycles. The Hall–Kier alpha value is -2.12. The van der Waals surface area contributed by atoms with Crippen molar-refractivity contribution in [3.05, 3.63) is 29.8 Å². The SMILES string of the molecule is NC(=O)[C@H]1CCCN(c2ccc(CNC(=O)[C@@H]3COCCO3)cc2)C1. The molecule has 0 spiro atoms. The molecule has 0 radical (unpaired) electrons. The molecular formula is C18H25N3O4. The van der Waals surface area contributed by atoms with Gasteiger partial charge in [0.1, 0.15) is 0 Å². The fourth-order valence-electron chi connectivity index (χ4n) is 3.21. The molecule has 2 aliphatic rings. The zero-order valence-electron chi connectivity index (χ0n) is 14.3. The summed E-state index contributed by atoms with van der Waals surface area (Å²) in [6.07, 6.45) is 1.31. The second-order valence-electron chi connectivity index (χ2n) is 6.51. The van der Waals surface area contributed by atoms with Crippen molar-refractivity contribution in [2.75, 3.05) is 37.8 Å². The van der Waals surface area contributed by atoms with Gasteiger partial charge in [-0.15, -0.1) is 0 Å². The van der Waals surface area contributed by atoms with Crippen LogP contribution in [0.1, 0.15) is 18.4 Å². The van der Waals surface area contributed by atoms with Crippen LogP contribution in [0.5, 0.6) is 0 Å². The summed E-state index contributed by atoms with van der Waals surface area (Å²) in [4.78, 5) is 25.6. The van der Waals surface area contributed by atoms with Crippen LogP contribution in [0.2, 0.25) is 0 Å². The molecule has 2 heterocycles. The van der Waals surface area contributed by atoms with E-state index in [9.17, 15) is 9.59 Å². The van der Waals surface area contributed by atoms with Crippen LogP contribution in [-0.2, 0) is 25.6 Å². The Balaban J connectivity index is 1.51. The fraction of sp³-hybridized carbons (Fsp3) is 0.556. The molecule has 7 heteroatoms.